The van der Waals surface area contributed by atoms with Gasteiger partial charge < -0.3 is 11.1 Å². The molecule has 1 atom stereocenters. The van der Waals surface area contributed by atoms with Crippen LogP contribution in [0.25, 0.3) is 0 Å². The van der Waals surface area contributed by atoms with Gasteiger partial charge in [0.2, 0.25) is 5.91 Å². The van der Waals surface area contributed by atoms with Crippen LogP contribution in [0.4, 0.5) is 8.78 Å². The number of hydrogen-bond acceptors (Lipinski definition) is 2. The first-order valence-electron chi connectivity index (χ1n) is 5.61. The van der Waals surface area contributed by atoms with E-state index in [1.807, 2.05) is 0 Å². The van der Waals surface area contributed by atoms with E-state index in [0.717, 1.165) is 12.1 Å². The van der Waals surface area contributed by atoms with E-state index in [1.54, 1.807) is 6.08 Å². The van der Waals surface area contributed by atoms with Gasteiger partial charge in [-0.25, -0.2) is 8.78 Å². The average Bonchev–Trinajstić information content (AvgIpc) is 2.32. The second kappa shape index (κ2) is 6.63. The highest BCUT2D eigenvalue weighted by atomic mass is 19.1. The van der Waals surface area contributed by atoms with Crippen molar-refractivity contribution in [1.29, 1.82) is 0 Å². The number of allylic oxidation sites excluding steroid dienone is 1. The highest BCUT2D eigenvalue weighted by molar-refractivity contribution is 5.97. The number of nitrogens with two attached hydrogens (primary N) is 1. The lowest BCUT2D eigenvalue weighted by Crippen LogP contribution is -2.44. The van der Waals surface area contributed by atoms with Crippen molar-refractivity contribution in [1.82, 2.24) is 5.32 Å². The number of rotatable bonds is 6. The molecule has 0 radical (unpaired) electrons. The monoisotopic (exact) mass is 268 g/mol. The zero-order valence-corrected chi connectivity index (χ0v) is 10.2. The molecule has 102 valence electrons. The lowest BCUT2D eigenvalue weighted by Gasteiger charge is -2.14. The molecule has 19 heavy (non-hydrogen) atoms. The molecular weight excluding hydrogens is 254 g/mol. The lowest BCUT2D eigenvalue weighted by molar-refractivity contribution is -0.119. The maximum Gasteiger partial charge on any atom is 0.252 e. The molecule has 0 heterocycles. The minimum atomic E-state index is -0.906. The van der Waals surface area contributed by atoms with Gasteiger partial charge in [-0.2, -0.15) is 0 Å². The Balaban J connectivity index is 2.81. The number of nitrogens with one attached hydrogen (secondary N) is 1. The van der Waals surface area contributed by atoms with Crippen LogP contribution in [0, 0.1) is 11.6 Å². The Hall–Kier alpha value is -2.24. The summed E-state index contributed by atoms with van der Waals surface area (Å²) in [6, 6.07) is 1.50. The minimum absolute atomic E-state index is 0.206. The highest BCUT2D eigenvalue weighted by Crippen LogP contribution is 2.08. The van der Waals surface area contributed by atoms with E-state index in [9.17, 15) is 18.4 Å². The molecule has 0 aliphatic rings. The van der Waals surface area contributed by atoms with E-state index in [4.69, 9.17) is 5.73 Å². The Morgan fingerprint density at radius 1 is 1.32 bits per heavy atom. The molecule has 2 amide bonds. The molecule has 0 aliphatic heterocycles. The summed E-state index contributed by atoms with van der Waals surface area (Å²) >= 11 is 0. The predicted molar refractivity (Wildman–Crippen MR) is 66.2 cm³/mol. The van der Waals surface area contributed by atoms with Crippen molar-refractivity contribution in [3.05, 3.63) is 48.1 Å². The fourth-order valence-corrected chi connectivity index (χ4v) is 1.50. The average molecular weight is 268 g/mol. The van der Waals surface area contributed by atoms with E-state index >= 15 is 0 Å². The van der Waals surface area contributed by atoms with Gasteiger partial charge in [-0.3, -0.25) is 9.59 Å². The van der Waals surface area contributed by atoms with E-state index in [-0.39, 0.29) is 12.0 Å². The number of primary amides is 1. The maximum absolute atomic E-state index is 13.0. The molecule has 0 aliphatic carbocycles. The molecule has 0 bridgehead atoms. The molecule has 0 spiro atoms. The van der Waals surface area contributed by atoms with Crippen LogP contribution in [0.1, 0.15) is 23.2 Å². The molecule has 1 aromatic rings. The first-order valence-corrected chi connectivity index (χ1v) is 5.61. The Morgan fingerprint density at radius 2 is 1.89 bits per heavy atom. The van der Waals surface area contributed by atoms with E-state index in [0.29, 0.717) is 12.5 Å². The molecule has 3 N–H and O–H groups in total. The summed E-state index contributed by atoms with van der Waals surface area (Å²) < 4.78 is 25.9. The first-order chi connectivity index (χ1) is 8.93. The fraction of sp³-hybridized carbons (Fsp3) is 0.231. The summed E-state index contributed by atoms with van der Waals surface area (Å²) in [6.45, 7) is 3.49. The third kappa shape index (κ3) is 4.50. The van der Waals surface area contributed by atoms with Gasteiger partial charge in [-0.15, -0.1) is 6.58 Å². The Kier molecular flexibility index (Phi) is 5.17. The molecule has 0 saturated heterocycles. The van der Waals surface area contributed by atoms with Crippen molar-refractivity contribution in [3.8, 4) is 0 Å². The number of halogens is 2. The third-order valence-electron chi connectivity index (χ3n) is 2.43. The van der Waals surface area contributed by atoms with Crippen LogP contribution < -0.4 is 11.1 Å². The van der Waals surface area contributed by atoms with Gasteiger partial charge in [0.15, 0.2) is 0 Å². The largest absolute Gasteiger partial charge is 0.368 e. The third-order valence-corrected chi connectivity index (χ3v) is 2.43. The summed E-state index contributed by atoms with van der Waals surface area (Å²) in [7, 11) is 0. The summed E-state index contributed by atoms with van der Waals surface area (Å²) in [5.74, 6) is -3.21. The summed E-state index contributed by atoms with van der Waals surface area (Å²) in [6.07, 6.45) is 2.33. The molecular formula is C13H14F2N2O2. The van der Waals surface area contributed by atoms with Crippen molar-refractivity contribution >= 4 is 11.8 Å². The highest BCUT2D eigenvalue weighted by Gasteiger charge is 2.18. The lowest BCUT2D eigenvalue weighted by atomic mass is 10.1. The molecule has 0 unspecified atom stereocenters. The normalized spacial score (nSPS) is 11.7. The molecule has 4 nitrogen and oxygen atoms in total. The standard InChI is InChI=1S/C13H14F2N2O2/c1-2-3-4-11(12(16)18)17-13(19)8-5-9(14)7-10(15)6-8/h2,5-7,11H,1,3-4H2,(H2,16,18)(H,17,19)/t11-/m0/s1. The SMILES string of the molecule is C=CCC[C@H](NC(=O)c1cc(F)cc(F)c1)C(N)=O. The van der Waals surface area contributed by atoms with Gasteiger partial charge >= 0.3 is 0 Å². The van der Waals surface area contributed by atoms with Crippen molar-refractivity contribution in [2.75, 3.05) is 0 Å². The van der Waals surface area contributed by atoms with E-state index in [1.165, 1.54) is 0 Å². The van der Waals surface area contributed by atoms with Gasteiger partial charge in [0, 0.05) is 11.6 Å². The van der Waals surface area contributed by atoms with E-state index in [2.05, 4.69) is 11.9 Å². The minimum Gasteiger partial charge on any atom is -0.368 e. The van der Waals surface area contributed by atoms with Crippen LogP contribution >= 0.6 is 0 Å². The Bertz CT molecular complexity index is 483. The number of carbonyl (C=O) groups excluding carboxylic acids is 2. The zero-order valence-electron chi connectivity index (χ0n) is 10.2. The van der Waals surface area contributed by atoms with E-state index < -0.39 is 29.5 Å². The van der Waals surface area contributed by atoms with Gasteiger partial charge in [-0.1, -0.05) is 6.08 Å². The first kappa shape index (κ1) is 14.8. The number of carbonyl (C=O) groups is 2. The van der Waals surface area contributed by atoms with Crippen LogP contribution in [-0.4, -0.2) is 17.9 Å². The zero-order chi connectivity index (χ0) is 14.4. The van der Waals surface area contributed by atoms with Gasteiger partial charge in [0.25, 0.3) is 5.91 Å². The van der Waals surface area contributed by atoms with Gasteiger partial charge in [-0.05, 0) is 25.0 Å². The molecule has 1 aromatic carbocycles. The molecule has 0 saturated carbocycles. The quantitative estimate of drug-likeness (QED) is 0.768. The van der Waals surface area contributed by atoms with Crippen LogP contribution in [0.2, 0.25) is 0 Å². The maximum atomic E-state index is 13.0. The van der Waals surface area contributed by atoms with Crippen LogP contribution in [0.5, 0.6) is 0 Å². The van der Waals surface area contributed by atoms with Crippen molar-refractivity contribution < 1.29 is 18.4 Å². The van der Waals surface area contributed by atoms with Crippen molar-refractivity contribution in [3.63, 3.8) is 0 Å². The van der Waals surface area contributed by atoms with Crippen molar-refractivity contribution in [2.24, 2.45) is 5.73 Å². The van der Waals surface area contributed by atoms with Crippen LogP contribution in [0.15, 0.2) is 30.9 Å². The molecule has 1 rings (SSSR count). The second-order valence-corrected chi connectivity index (χ2v) is 3.95. The smallest absolute Gasteiger partial charge is 0.252 e. The molecule has 0 aromatic heterocycles. The second-order valence-electron chi connectivity index (χ2n) is 3.95. The fourth-order valence-electron chi connectivity index (χ4n) is 1.50. The number of amides is 2. The van der Waals surface area contributed by atoms with Gasteiger partial charge in [0.1, 0.15) is 17.7 Å². The summed E-state index contributed by atoms with van der Waals surface area (Å²) in [5.41, 5.74) is 4.92. The number of hydrogen-bond donors (Lipinski definition) is 2. The molecule has 6 heteroatoms. The Morgan fingerprint density at radius 3 is 2.37 bits per heavy atom. The van der Waals surface area contributed by atoms with Crippen molar-refractivity contribution in [2.45, 2.75) is 18.9 Å². The Labute approximate surface area is 109 Å². The van der Waals surface area contributed by atoms with Crippen LogP contribution in [-0.2, 0) is 4.79 Å². The van der Waals surface area contributed by atoms with Crippen LogP contribution in [0.3, 0.4) is 0 Å². The number of benzene rings is 1. The van der Waals surface area contributed by atoms with Gasteiger partial charge in [0.05, 0.1) is 0 Å². The topological polar surface area (TPSA) is 72.2 Å². The molecule has 0 fully saturated rings. The summed E-state index contributed by atoms with van der Waals surface area (Å²) in [5, 5.41) is 2.33. The summed E-state index contributed by atoms with van der Waals surface area (Å²) in [4.78, 5) is 22.9. The predicted octanol–water partition coefficient (Wildman–Crippen LogP) is 1.51.